The van der Waals surface area contributed by atoms with Crippen LogP contribution in [0.3, 0.4) is 0 Å². The molecular weight excluding hydrogens is 278 g/mol. The van der Waals surface area contributed by atoms with Gasteiger partial charge >= 0.3 is 0 Å². The molecule has 23 heavy (non-hydrogen) atoms. The van der Waals surface area contributed by atoms with Gasteiger partial charge in [0.15, 0.2) is 0 Å². The van der Waals surface area contributed by atoms with Crippen molar-refractivity contribution in [2.75, 3.05) is 0 Å². The predicted molar refractivity (Wildman–Crippen MR) is 104 cm³/mol. The average Bonchev–Trinajstić information content (AvgIpc) is 3.00. The molecule has 1 nitrogen and oxygen atoms in total. The highest BCUT2D eigenvalue weighted by molar-refractivity contribution is 5.31. The Morgan fingerprint density at radius 3 is 1.65 bits per heavy atom. The van der Waals surface area contributed by atoms with Gasteiger partial charge in [-0.2, -0.15) is 0 Å². The summed E-state index contributed by atoms with van der Waals surface area (Å²) in [5.41, 5.74) is 2.93. The lowest BCUT2D eigenvalue weighted by Gasteiger charge is -2.07. The Balaban J connectivity index is 2.03. The van der Waals surface area contributed by atoms with Crippen LogP contribution in [-0.2, 0) is 0 Å². The summed E-state index contributed by atoms with van der Waals surface area (Å²) in [6.45, 7) is 4.57. The van der Waals surface area contributed by atoms with Crippen LogP contribution in [0.1, 0.15) is 117 Å². The fourth-order valence-electron chi connectivity index (χ4n) is 3.37. The number of unbranched alkanes of at least 4 members (excludes halogenated alkanes) is 12. The molecule has 1 aliphatic heterocycles. The molecule has 0 atom stereocenters. The second kappa shape index (κ2) is 14.8. The lowest BCUT2D eigenvalue weighted by Crippen LogP contribution is -1.96. The van der Waals surface area contributed by atoms with Gasteiger partial charge in [0, 0.05) is 11.9 Å². The van der Waals surface area contributed by atoms with Crippen molar-refractivity contribution < 1.29 is 0 Å². The van der Waals surface area contributed by atoms with Gasteiger partial charge in [-0.3, -0.25) is 5.32 Å². The number of rotatable bonds is 16. The smallest absolute Gasteiger partial charge is 0.0436 e. The summed E-state index contributed by atoms with van der Waals surface area (Å²) in [6, 6.07) is 0. The van der Waals surface area contributed by atoms with E-state index in [1.807, 2.05) is 6.20 Å². The number of allylic oxidation sites excluding steroid dienone is 3. The van der Waals surface area contributed by atoms with Crippen LogP contribution >= 0.6 is 0 Å². The summed E-state index contributed by atoms with van der Waals surface area (Å²) in [7, 11) is 0. The quantitative estimate of drug-likeness (QED) is 0.259. The highest BCUT2D eigenvalue weighted by Crippen LogP contribution is 2.23. The first kappa shape index (κ1) is 20.3. The Hall–Kier alpha value is -0.720. The molecule has 0 fully saturated rings. The van der Waals surface area contributed by atoms with E-state index in [-0.39, 0.29) is 0 Å². The molecule has 1 rings (SSSR count). The van der Waals surface area contributed by atoms with Crippen LogP contribution in [0.15, 0.2) is 23.5 Å². The summed E-state index contributed by atoms with van der Waals surface area (Å²) in [6.07, 6.45) is 26.2. The van der Waals surface area contributed by atoms with Crippen molar-refractivity contribution in [3.63, 3.8) is 0 Å². The van der Waals surface area contributed by atoms with Gasteiger partial charge < -0.3 is 0 Å². The standard InChI is InChI=1S/C22H40N/c1-3-5-7-9-11-13-15-17-21-19-20-23-22(21)18-16-14-12-10-8-6-4-2/h19-20H,3-18H2,1-2H3. The summed E-state index contributed by atoms with van der Waals surface area (Å²) in [5, 5.41) is 4.60. The van der Waals surface area contributed by atoms with E-state index >= 15 is 0 Å². The van der Waals surface area contributed by atoms with E-state index < -0.39 is 0 Å². The molecular formula is C22H40N. The Morgan fingerprint density at radius 1 is 0.609 bits per heavy atom. The van der Waals surface area contributed by atoms with E-state index in [1.54, 1.807) is 0 Å². The Bertz CT molecular complexity index is 327. The third kappa shape index (κ3) is 10.6. The molecule has 1 aliphatic rings. The van der Waals surface area contributed by atoms with Crippen LogP contribution in [0, 0.1) is 0 Å². The Kier molecular flexibility index (Phi) is 13.1. The minimum Gasteiger partial charge on any atom is -0.261 e. The van der Waals surface area contributed by atoms with Crippen molar-refractivity contribution in [1.82, 2.24) is 5.32 Å². The molecule has 0 aliphatic carbocycles. The lowest BCUT2D eigenvalue weighted by molar-refractivity contribution is 0.580. The van der Waals surface area contributed by atoms with Crippen molar-refractivity contribution in [2.24, 2.45) is 0 Å². The van der Waals surface area contributed by atoms with Gasteiger partial charge in [0.05, 0.1) is 0 Å². The maximum Gasteiger partial charge on any atom is 0.0436 e. The highest BCUT2D eigenvalue weighted by atomic mass is 14.9. The Morgan fingerprint density at radius 2 is 1.09 bits per heavy atom. The SMILES string of the molecule is CCCCCCCCCC1=C(CCCCCCCCC)[N]C=C1. The molecule has 0 spiro atoms. The molecule has 0 saturated carbocycles. The van der Waals surface area contributed by atoms with Crippen molar-refractivity contribution in [3.05, 3.63) is 23.5 Å². The molecule has 0 unspecified atom stereocenters. The van der Waals surface area contributed by atoms with Gasteiger partial charge in [-0.25, -0.2) is 0 Å². The molecule has 1 heterocycles. The zero-order valence-electron chi connectivity index (χ0n) is 15.9. The van der Waals surface area contributed by atoms with E-state index in [4.69, 9.17) is 0 Å². The topological polar surface area (TPSA) is 14.1 Å². The maximum absolute atomic E-state index is 4.60. The van der Waals surface area contributed by atoms with E-state index in [9.17, 15) is 0 Å². The van der Waals surface area contributed by atoms with Gasteiger partial charge in [0.1, 0.15) is 0 Å². The second-order valence-corrected chi connectivity index (χ2v) is 7.16. The normalized spacial score (nSPS) is 13.8. The first-order chi connectivity index (χ1) is 11.4. The molecule has 0 aromatic carbocycles. The largest absolute Gasteiger partial charge is 0.261 e. The first-order valence-corrected chi connectivity index (χ1v) is 10.5. The fraction of sp³-hybridized carbons (Fsp3) is 0.818. The zero-order valence-corrected chi connectivity index (χ0v) is 15.9. The van der Waals surface area contributed by atoms with Crippen molar-refractivity contribution in [3.8, 4) is 0 Å². The molecule has 0 N–H and O–H groups in total. The van der Waals surface area contributed by atoms with Gasteiger partial charge in [0.25, 0.3) is 0 Å². The highest BCUT2D eigenvalue weighted by Gasteiger charge is 2.09. The molecule has 0 aromatic heterocycles. The van der Waals surface area contributed by atoms with E-state index in [0.29, 0.717) is 0 Å². The first-order valence-electron chi connectivity index (χ1n) is 10.5. The lowest BCUT2D eigenvalue weighted by atomic mass is 10.0. The third-order valence-corrected chi connectivity index (χ3v) is 4.94. The monoisotopic (exact) mass is 318 g/mol. The zero-order chi connectivity index (χ0) is 16.6. The van der Waals surface area contributed by atoms with Crippen LogP contribution in [0.4, 0.5) is 0 Å². The van der Waals surface area contributed by atoms with Crippen LogP contribution in [0.2, 0.25) is 0 Å². The molecule has 133 valence electrons. The van der Waals surface area contributed by atoms with Crippen molar-refractivity contribution >= 4 is 0 Å². The van der Waals surface area contributed by atoms with E-state index in [1.165, 1.54) is 114 Å². The van der Waals surface area contributed by atoms with Crippen LogP contribution in [0.5, 0.6) is 0 Å². The van der Waals surface area contributed by atoms with Gasteiger partial charge in [-0.1, -0.05) is 90.9 Å². The van der Waals surface area contributed by atoms with Crippen LogP contribution in [0.25, 0.3) is 0 Å². The fourth-order valence-corrected chi connectivity index (χ4v) is 3.37. The number of nitrogens with zero attached hydrogens (tertiary/aromatic N) is 1. The third-order valence-electron chi connectivity index (χ3n) is 4.94. The minimum absolute atomic E-state index is 1.20. The maximum atomic E-state index is 4.60. The molecule has 0 bridgehead atoms. The molecule has 1 heteroatoms. The summed E-state index contributed by atoms with van der Waals surface area (Å²) in [4.78, 5) is 0. The minimum atomic E-state index is 1.20. The van der Waals surface area contributed by atoms with Crippen molar-refractivity contribution in [1.29, 1.82) is 0 Å². The van der Waals surface area contributed by atoms with Crippen LogP contribution in [-0.4, -0.2) is 0 Å². The van der Waals surface area contributed by atoms with Crippen molar-refractivity contribution in [2.45, 2.75) is 117 Å². The summed E-state index contributed by atoms with van der Waals surface area (Å²) < 4.78 is 0. The summed E-state index contributed by atoms with van der Waals surface area (Å²) in [5.74, 6) is 0. The van der Waals surface area contributed by atoms with Gasteiger partial charge in [-0.05, 0) is 37.3 Å². The van der Waals surface area contributed by atoms with E-state index in [2.05, 4.69) is 25.2 Å². The van der Waals surface area contributed by atoms with E-state index in [0.717, 1.165) is 0 Å². The number of hydrogen-bond acceptors (Lipinski definition) is 0. The molecule has 1 radical (unpaired) electrons. The number of hydrogen-bond donors (Lipinski definition) is 0. The predicted octanol–water partition coefficient (Wildman–Crippen LogP) is 7.65. The van der Waals surface area contributed by atoms with Gasteiger partial charge in [0.2, 0.25) is 0 Å². The molecule has 0 aromatic rings. The van der Waals surface area contributed by atoms with Gasteiger partial charge in [-0.15, -0.1) is 0 Å². The molecule has 0 amide bonds. The Labute approximate surface area is 146 Å². The second-order valence-electron chi connectivity index (χ2n) is 7.16. The van der Waals surface area contributed by atoms with Crippen LogP contribution < -0.4 is 5.32 Å². The average molecular weight is 319 g/mol. The molecule has 0 saturated heterocycles. The summed E-state index contributed by atoms with van der Waals surface area (Å²) >= 11 is 0.